The normalized spacial score (nSPS) is 10.7. The van der Waals surface area contributed by atoms with Crippen molar-refractivity contribution >= 4 is 34.1 Å². The standard InChI is InChI=1S/C23H21N5O2/c1-15(29)16-5-4-6-18(11-16)28-22-12-21(26-14-27-22)23(30)24-10-9-17-13-25-20-8-3-2-7-19(17)20/h2-8,11-14,25H,9-10H2,1H3,(H,24,30)(H,26,27,28). The maximum atomic E-state index is 12.5. The van der Waals surface area contributed by atoms with E-state index in [1.165, 1.54) is 13.3 Å². The average Bonchev–Trinajstić information content (AvgIpc) is 3.17. The van der Waals surface area contributed by atoms with Crippen molar-refractivity contribution in [3.63, 3.8) is 0 Å². The predicted molar refractivity (Wildman–Crippen MR) is 116 cm³/mol. The third-order valence-corrected chi connectivity index (χ3v) is 4.80. The summed E-state index contributed by atoms with van der Waals surface area (Å²) in [7, 11) is 0. The first kappa shape index (κ1) is 19.3. The van der Waals surface area contributed by atoms with Gasteiger partial charge in [0.1, 0.15) is 17.8 Å². The summed E-state index contributed by atoms with van der Waals surface area (Å²) in [5.41, 5.74) is 3.83. The number of carbonyl (C=O) groups excluding carboxylic acids is 2. The zero-order chi connectivity index (χ0) is 20.9. The number of carbonyl (C=O) groups is 2. The van der Waals surface area contributed by atoms with Crippen LogP contribution in [0.3, 0.4) is 0 Å². The Kier molecular flexibility index (Phi) is 5.52. The van der Waals surface area contributed by atoms with E-state index in [1.54, 1.807) is 24.3 Å². The Bertz CT molecular complexity index is 1210. The molecule has 0 atom stereocenters. The minimum atomic E-state index is -0.266. The summed E-state index contributed by atoms with van der Waals surface area (Å²) in [4.78, 5) is 35.5. The number of amides is 1. The van der Waals surface area contributed by atoms with Crippen molar-refractivity contribution in [2.24, 2.45) is 0 Å². The van der Waals surface area contributed by atoms with E-state index in [4.69, 9.17) is 0 Å². The fourth-order valence-corrected chi connectivity index (χ4v) is 3.25. The molecule has 0 unspecified atom stereocenters. The van der Waals surface area contributed by atoms with Crippen LogP contribution < -0.4 is 10.6 Å². The molecule has 7 nitrogen and oxygen atoms in total. The molecule has 0 aliphatic heterocycles. The number of aromatic nitrogens is 3. The molecule has 0 aliphatic rings. The number of nitrogens with zero attached hydrogens (tertiary/aromatic N) is 2. The van der Waals surface area contributed by atoms with E-state index in [-0.39, 0.29) is 17.4 Å². The largest absolute Gasteiger partial charge is 0.361 e. The average molecular weight is 399 g/mol. The summed E-state index contributed by atoms with van der Waals surface area (Å²) in [6.07, 6.45) is 4.02. The minimum Gasteiger partial charge on any atom is -0.361 e. The molecule has 0 saturated carbocycles. The maximum Gasteiger partial charge on any atom is 0.270 e. The van der Waals surface area contributed by atoms with Crippen LogP contribution in [0.2, 0.25) is 0 Å². The molecular weight excluding hydrogens is 378 g/mol. The van der Waals surface area contributed by atoms with Crippen molar-refractivity contribution in [3.05, 3.63) is 83.9 Å². The first-order valence-corrected chi connectivity index (χ1v) is 9.63. The lowest BCUT2D eigenvalue weighted by Gasteiger charge is -2.08. The molecule has 4 rings (SSSR count). The van der Waals surface area contributed by atoms with Crippen molar-refractivity contribution in [2.75, 3.05) is 11.9 Å². The molecule has 0 saturated heterocycles. The molecule has 0 fully saturated rings. The van der Waals surface area contributed by atoms with Crippen molar-refractivity contribution in [1.82, 2.24) is 20.3 Å². The topological polar surface area (TPSA) is 99.8 Å². The molecule has 0 bridgehead atoms. The Morgan fingerprint density at radius 1 is 1.03 bits per heavy atom. The van der Waals surface area contributed by atoms with E-state index in [9.17, 15) is 9.59 Å². The van der Waals surface area contributed by atoms with Crippen molar-refractivity contribution in [2.45, 2.75) is 13.3 Å². The van der Waals surface area contributed by atoms with E-state index >= 15 is 0 Å². The molecular formula is C23H21N5O2. The van der Waals surface area contributed by atoms with Gasteiger partial charge in [-0.25, -0.2) is 9.97 Å². The number of nitrogens with one attached hydrogen (secondary N) is 3. The molecule has 1 amide bonds. The zero-order valence-electron chi connectivity index (χ0n) is 16.5. The van der Waals surface area contributed by atoms with Gasteiger partial charge in [-0.05, 0) is 37.1 Å². The van der Waals surface area contributed by atoms with Crippen LogP contribution in [0.4, 0.5) is 11.5 Å². The van der Waals surface area contributed by atoms with Crippen LogP contribution in [0.15, 0.2) is 67.1 Å². The summed E-state index contributed by atoms with van der Waals surface area (Å²) < 4.78 is 0. The molecule has 7 heteroatoms. The molecule has 0 radical (unpaired) electrons. The lowest BCUT2D eigenvalue weighted by Crippen LogP contribution is -2.26. The number of H-pyrrole nitrogens is 1. The molecule has 0 spiro atoms. The second-order valence-corrected chi connectivity index (χ2v) is 6.92. The Balaban J connectivity index is 1.39. The van der Waals surface area contributed by atoms with E-state index in [2.05, 4.69) is 31.7 Å². The highest BCUT2D eigenvalue weighted by Crippen LogP contribution is 2.18. The Morgan fingerprint density at radius 2 is 1.90 bits per heavy atom. The van der Waals surface area contributed by atoms with Gasteiger partial charge >= 0.3 is 0 Å². The molecule has 3 N–H and O–H groups in total. The summed E-state index contributed by atoms with van der Waals surface area (Å²) in [5.74, 6) is 0.196. The first-order valence-electron chi connectivity index (χ1n) is 9.63. The fourth-order valence-electron chi connectivity index (χ4n) is 3.25. The van der Waals surface area contributed by atoms with Crippen molar-refractivity contribution < 1.29 is 9.59 Å². The predicted octanol–water partition coefficient (Wildman–Crippen LogP) is 3.88. The third-order valence-electron chi connectivity index (χ3n) is 4.80. The highest BCUT2D eigenvalue weighted by Gasteiger charge is 2.10. The monoisotopic (exact) mass is 399 g/mol. The quantitative estimate of drug-likeness (QED) is 0.410. The highest BCUT2D eigenvalue weighted by atomic mass is 16.1. The van der Waals surface area contributed by atoms with Gasteiger partial charge in [0.25, 0.3) is 5.91 Å². The van der Waals surface area contributed by atoms with E-state index in [1.807, 2.05) is 30.5 Å². The number of benzene rings is 2. The number of Topliss-reactive ketones (excluding diaryl/α,β-unsaturated/α-hetero) is 1. The van der Waals surface area contributed by atoms with Gasteiger partial charge < -0.3 is 15.6 Å². The lowest BCUT2D eigenvalue weighted by molar-refractivity contribution is 0.0948. The van der Waals surface area contributed by atoms with Crippen LogP contribution in [0.25, 0.3) is 10.9 Å². The number of ketones is 1. The van der Waals surface area contributed by atoms with Gasteiger partial charge in [0.05, 0.1) is 0 Å². The van der Waals surface area contributed by atoms with Gasteiger partial charge in [0, 0.05) is 41.0 Å². The summed E-state index contributed by atoms with van der Waals surface area (Å²) in [6, 6.07) is 16.8. The second kappa shape index (κ2) is 8.57. The van der Waals surface area contributed by atoms with Crippen LogP contribution in [0, 0.1) is 0 Å². The first-order chi connectivity index (χ1) is 14.6. The van der Waals surface area contributed by atoms with Gasteiger partial charge in [0.2, 0.25) is 0 Å². The second-order valence-electron chi connectivity index (χ2n) is 6.92. The Labute approximate surface area is 173 Å². The van der Waals surface area contributed by atoms with Gasteiger partial charge in [-0.3, -0.25) is 9.59 Å². The van der Waals surface area contributed by atoms with E-state index in [0.717, 1.165) is 16.5 Å². The van der Waals surface area contributed by atoms with Crippen LogP contribution in [-0.4, -0.2) is 33.2 Å². The Morgan fingerprint density at radius 3 is 2.77 bits per heavy atom. The number of aromatic amines is 1. The highest BCUT2D eigenvalue weighted by molar-refractivity contribution is 5.95. The van der Waals surface area contributed by atoms with Crippen LogP contribution in [0.1, 0.15) is 33.3 Å². The maximum absolute atomic E-state index is 12.5. The molecule has 2 aromatic carbocycles. The number of para-hydroxylation sites is 1. The van der Waals surface area contributed by atoms with Crippen molar-refractivity contribution in [1.29, 1.82) is 0 Å². The molecule has 30 heavy (non-hydrogen) atoms. The van der Waals surface area contributed by atoms with Crippen molar-refractivity contribution in [3.8, 4) is 0 Å². The lowest BCUT2D eigenvalue weighted by atomic mass is 10.1. The summed E-state index contributed by atoms with van der Waals surface area (Å²) >= 11 is 0. The minimum absolute atomic E-state index is 0.0170. The van der Waals surface area contributed by atoms with E-state index < -0.39 is 0 Å². The van der Waals surface area contributed by atoms with E-state index in [0.29, 0.717) is 30.0 Å². The molecule has 2 heterocycles. The van der Waals surface area contributed by atoms with Gasteiger partial charge in [-0.2, -0.15) is 0 Å². The number of hydrogen-bond donors (Lipinski definition) is 3. The van der Waals surface area contributed by atoms with Crippen LogP contribution in [-0.2, 0) is 6.42 Å². The van der Waals surface area contributed by atoms with Crippen LogP contribution >= 0.6 is 0 Å². The van der Waals surface area contributed by atoms with Crippen LogP contribution in [0.5, 0.6) is 0 Å². The summed E-state index contributed by atoms with van der Waals surface area (Å²) in [6.45, 7) is 2.01. The van der Waals surface area contributed by atoms with Gasteiger partial charge in [-0.1, -0.05) is 30.3 Å². The number of rotatable bonds is 7. The van der Waals surface area contributed by atoms with Gasteiger partial charge in [0.15, 0.2) is 5.78 Å². The number of hydrogen-bond acceptors (Lipinski definition) is 5. The number of fused-ring (bicyclic) bond motifs is 1. The van der Waals surface area contributed by atoms with Gasteiger partial charge in [-0.15, -0.1) is 0 Å². The molecule has 0 aliphatic carbocycles. The Hall–Kier alpha value is -4.00. The number of anilines is 2. The summed E-state index contributed by atoms with van der Waals surface area (Å²) in [5, 5.41) is 7.17. The zero-order valence-corrected chi connectivity index (χ0v) is 16.5. The smallest absolute Gasteiger partial charge is 0.270 e. The third kappa shape index (κ3) is 4.35. The molecule has 150 valence electrons. The molecule has 2 aromatic heterocycles. The SMILES string of the molecule is CC(=O)c1cccc(Nc2cc(C(=O)NCCc3c[nH]c4ccccc34)ncn2)c1. The molecule has 4 aromatic rings. The fraction of sp³-hybridized carbons (Fsp3) is 0.130.